The van der Waals surface area contributed by atoms with Crippen molar-refractivity contribution in [2.24, 2.45) is 5.84 Å². The molecule has 0 aliphatic heterocycles. The van der Waals surface area contributed by atoms with Gasteiger partial charge < -0.3 is 0 Å². The van der Waals surface area contributed by atoms with E-state index in [-0.39, 0.29) is 5.82 Å². The number of nitrogens with one attached hydrogen (secondary N) is 1. The van der Waals surface area contributed by atoms with Gasteiger partial charge >= 0.3 is 0 Å². The highest BCUT2D eigenvalue weighted by Crippen LogP contribution is 2.22. The molecule has 1 unspecified atom stereocenters. The van der Waals surface area contributed by atoms with E-state index >= 15 is 0 Å². The summed E-state index contributed by atoms with van der Waals surface area (Å²) in [5, 5.41) is 0. The molecule has 3 N–H and O–H groups in total. The first kappa shape index (κ1) is 14.0. The van der Waals surface area contributed by atoms with E-state index in [4.69, 9.17) is 5.84 Å². The van der Waals surface area contributed by atoms with Crippen molar-refractivity contribution in [3.63, 3.8) is 0 Å². The van der Waals surface area contributed by atoms with Gasteiger partial charge in [-0.3, -0.25) is 16.3 Å². The third-order valence-corrected chi connectivity index (χ3v) is 3.25. The van der Waals surface area contributed by atoms with Crippen molar-refractivity contribution in [2.75, 3.05) is 0 Å². The highest BCUT2D eigenvalue weighted by Gasteiger charge is 2.14. The van der Waals surface area contributed by atoms with Gasteiger partial charge in [-0.2, -0.15) is 0 Å². The maximum atomic E-state index is 13.7. The van der Waals surface area contributed by atoms with Crippen LogP contribution in [0.2, 0.25) is 0 Å². The molecule has 0 saturated heterocycles. The Morgan fingerprint density at radius 2 is 2.05 bits per heavy atom. The number of hydrazine groups is 1. The van der Waals surface area contributed by atoms with Gasteiger partial charge in [0.05, 0.1) is 12.2 Å². The van der Waals surface area contributed by atoms with E-state index in [0.717, 1.165) is 10.7 Å². The van der Waals surface area contributed by atoms with Gasteiger partial charge in [0.15, 0.2) is 0 Å². The zero-order valence-corrected chi connectivity index (χ0v) is 11.5. The summed E-state index contributed by atoms with van der Waals surface area (Å²) in [5.41, 5.74) is 3.61. The second kappa shape index (κ2) is 6.18. The van der Waals surface area contributed by atoms with Gasteiger partial charge in [0, 0.05) is 10.7 Å². The lowest BCUT2D eigenvalue weighted by molar-refractivity contribution is 0.522. The molecule has 6 heteroatoms. The number of halogens is 3. The smallest absolute Gasteiger partial charge is 0.141 e. The zero-order valence-electron chi connectivity index (χ0n) is 9.91. The molecule has 0 spiro atoms. The topological polar surface area (TPSA) is 50.9 Å². The Bertz CT molecular complexity index is 578. The molecular formula is C13H12BrF2N3. The van der Waals surface area contributed by atoms with Crippen LogP contribution < -0.4 is 11.3 Å². The molecule has 1 heterocycles. The Kier molecular flexibility index (Phi) is 4.57. The average molecular weight is 328 g/mol. The van der Waals surface area contributed by atoms with Crippen LogP contribution in [-0.2, 0) is 6.42 Å². The van der Waals surface area contributed by atoms with Crippen LogP contribution in [0.3, 0.4) is 0 Å². The Hall–Kier alpha value is -1.37. The van der Waals surface area contributed by atoms with Gasteiger partial charge in [-0.1, -0.05) is 15.9 Å². The molecule has 2 rings (SSSR count). The van der Waals surface area contributed by atoms with Gasteiger partial charge in [-0.15, -0.1) is 0 Å². The minimum atomic E-state index is -0.451. The molecule has 0 aliphatic rings. The van der Waals surface area contributed by atoms with E-state index in [9.17, 15) is 8.78 Å². The van der Waals surface area contributed by atoms with E-state index in [0.29, 0.717) is 17.5 Å². The van der Waals surface area contributed by atoms with Crippen molar-refractivity contribution in [1.82, 2.24) is 10.4 Å². The van der Waals surface area contributed by atoms with Crippen LogP contribution in [0.15, 0.2) is 41.1 Å². The van der Waals surface area contributed by atoms with E-state index in [2.05, 4.69) is 26.3 Å². The number of hydrogen-bond acceptors (Lipinski definition) is 3. The molecule has 0 radical (unpaired) electrons. The second-order valence-electron chi connectivity index (χ2n) is 4.10. The number of aromatic nitrogens is 1. The third kappa shape index (κ3) is 3.56. The van der Waals surface area contributed by atoms with Crippen molar-refractivity contribution in [2.45, 2.75) is 12.5 Å². The zero-order chi connectivity index (χ0) is 13.8. The summed E-state index contributed by atoms with van der Waals surface area (Å²) < 4.78 is 27.6. The number of rotatable bonds is 4. The minimum Gasteiger partial charge on any atom is -0.271 e. The molecule has 0 aliphatic carbocycles. The first-order valence-electron chi connectivity index (χ1n) is 5.60. The summed E-state index contributed by atoms with van der Waals surface area (Å²) in [6, 6.07) is 5.58. The highest BCUT2D eigenvalue weighted by molar-refractivity contribution is 9.10. The molecule has 2 aromatic rings. The highest BCUT2D eigenvalue weighted by atomic mass is 79.9. The summed E-state index contributed by atoms with van der Waals surface area (Å²) >= 11 is 3.29. The van der Waals surface area contributed by atoms with Crippen molar-refractivity contribution >= 4 is 15.9 Å². The lowest BCUT2D eigenvalue weighted by atomic mass is 10.0. The Labute approximate surface area is 117 Å². The fourth-order valence-corrected chi connectivity index (χ4v) is 2.22. The fraction of sp³-hybridized carbons (Fsp3) is 0.154. The SMILES string of the molecule is NNC(Cc1cc(Br)ccc1F)c1cncc(F)c1. The quantitative estimate of drug-likeness (QED) is 0.670. The minimum absolute atomic E-state index is 0.299. The van der Waals surface area contributed by atoms with Crippen LogP contribution in [0.4, 0.5) is 8.78 Å². The fourth-order valence-electron chi connectivity index (χ4n) is 1.81. The predicted octanol–water partition coefficient (Wildman–Crippen LogP) is 2.87. The summed E-state index contributed by atoms with van der Waals surface area (Å²) in [6.07, 6.45) is 2.91. The van der Waals surface area contributed by atoms with Crippen LogP contribution >= 0.6 is 15.9 Å². The number of hydrogen-bond donors (Lipinski definition) is 2. The van der Waals surface area contributed by atoms with Crippen molar-refractivity contribution in [1.29, 1.82) is 0 Å². The summed E-state index contributed by atoms with van der Waals surface area (Å²) in [4.78, 5) is 3.76. The maximum Gasteiger partial charge on any atom is 0.141 e. The standard InChI is InChI=1S/C13H12BrF2N3/c14-10-1-2-12(16)8(3-10)5-13(19-17)9-4-11(15)7-18-6-9/h1-4,6-7,13,19H,5,17H2. The number of nitrogens with zero attached hydrogens (tertiary/aromatic N) is 1. The van der Waals surface area contributed by atoms with Crippen LogP contribution in [0.5, 0.6) is 0 Å². The van der Waals surface area contributed by atoms with Crippen LogP contribution in [0, 0.1) is 11.6 Å². The number of nitrogens with two attached hydrogens (primary N) is 1. The molecule has 1 aromatic carbocycles. The predicted molar refractivity (Wildman–Crippen MR) is 72.1 cm³/mol. The molecule has 0 fully saturated rings. The van der Waals surface area contributed by atoms with Crippen molar-refractivity contribution in [3.8, 4) is 0 Å². The van der Waals surface area contributed by atoms with E-state index in [1.165, 1.54) is 18.3 Å². The lowest BCUT2D eigenvalue weighted by Gasteiger charge is -2.16. The first-order valence-corrected chi connectivity index (χ1v) is 6.40. The van der Waals surface area contributed by atoms with Gasteiger partial charge in [0.2, 0.25) is 0 Å². The molecule has 0 saturated carbocycles. The molecule has 0 amide bonds. The lowest BCUT2D eigenvalue weighted by Crippen LogP contribution is -2.30. The van der Waals surface area contributed by atoms with Gasteiger partial charge in [0.1, 0.15) is 11.6 Å². The second-order valence-corrected chi connectivity index (χ2v) is 5.01. The summed E-state index contributed by atoms with van der Waals surface area (Å²) in [7, 11) is 0. The van der Waals surface area contributed by atoms with Crippen LogP contribution in [0.25, 0.3) is 0 Å². The molecule has 0 bridgehead atoms. The van der Waals surface area contributed by atoms with Crippen LogP contribution in [-0.4, -0.2) is 4.98 Å². The third-order valence-electron chi connectivity index (χ3n) is 2.76. The largest absolute Gasteiger partial charge is 0.271 e. The molecule has 1 atom stereocenters. The molecular weight excluding hydrogens is 316 g/mol. The Morgan fingerprint density at radius 1 is 1.26 bits per heavy atom. The summed E-state index contributed by atoms with van der Waals surface area (Å²) in [6.45, 7) is 0. The van der Waals surface area contributed by atoms with Gasteiger partial charge in [-0.25, -0.2) is 8.78 Å². The van der Waals surface area contributed by atoms with E-state index < -0.39 is 11.9 Å². The van der Waals surface area contributed by atoms with Gasteiger partial charge in [-0.05, 0) is 41.8 Å². The van der Waals surface area contributed by atoms with Crippen LogP contribution in [0.1, 0.15) is 17.2 Å². The average Bonchev–Trinajstić information content (AvgIpc) is 2.39. The molecule has 100 valence electrons. The first-order chi connectivity index (χ1) is 9.10. The van der Waals surface area contributed by atoms with E-state index in [1.807, 2.05) is 0 Å². The maximum absolute atomic E-state index is 13.7. The van der Waals surface area contributed by atoms with Crippen molar-refractivity contribution < 1.29 is 8.78 Å². The normalized spacial score (nSPS) is 12.4. The van der Waals surface area contributed by atoms with E-state index in [1.54, 1.807) is 12.1 Å². The molecule has 19 heavy (non-hydrogen) atoms. The van der Waals surface area contributed by atoms with Crippen molar-refractivity contribution in [3.05, 3.63) is 63.9 Å². The Balaban J connectivity index is 2.26. The number of pyridine rings is 1. The number of benzene rings is 1. The molecule has 1 aromatic heterocycles. The monoisotopic (exact) mass is 327 g/mol. The van der Waals surface area contributed by atoms with Gasteiger partial charge in [0.25, 0.3) is 0 Å². The Morgan fingerprint density at radius 3 is 2.74 bits per heavy atom. The molecule has 3 nitrogen and oxygen atoms in total. The summed E-state index contributed by atoms with van der Waals surface area (Å²) in [5.74, 6) is 4.68.